The molecule has 2 heterocycles. The fourth-order valence-electron chi connectivity index (χ4n) is 2.54. The van der Waals surface area contributed by atoms with Gasteiger partial charge in [-0.05, 0) is 30.7 Å². The number of anilines is 1. The van der Waals surface area contributed by atoms with Gasteiger partial charge in [0.15, 0.2) is 11.5 Å². The van der Waals surface area contributed by atoms with Crippen molar-refractivity contribution in [1.82, 2.24) is 10.3 Å². The maximum atomic E-state index is 12.4. The van der Waals surface area contributed by atoms with Crippen molar-refractivity contribution in [2.24, 2.45) is 0 Å². The molecule has 2 N–H and O–H groups in total. The van der Waals surface area contributed by atoms with Gasteiger partial charge in [-0.25, -0.2) is 0 Å². The number of nitrogens with one attached hydrogen (secondary N) is 2. The van der Waals surface area contributed by atoms with E-state index in [2.05, 4.69) is 22.5 Å². The number of unbranched alkanes of at least 4 members (excludes halogenated alkanes) is 2. The predicted molar refractivity (Wildman–Crippen MR) is 96.6 cm³/mol. The molecule has 0 saturated carbocycles. The quantitative estimate of drug-likeness (QED) is 0.745. The summed E-state index contributed by atoms with van der Waals surface area (Å²) in [7, 11) is 0. The van der Waals surface area contributed by atoms with E-state index in [1.807, 2.05) is 0 Å². The fraction of sp³-hybridized carbons (Fsp3) is 0.316. The highest BCUT2D eigenvalue weighted by atomic mass is 16.7. The molecule has 26 heavy (non-hydrogen) atoms. The Morgan fingerprint density at radius 1 is 1.08 bits per heavy atom. The minimum Gasteiger partial charge on any atom is -0.454 e. The molecule has 2 aromatic rings. The van der Waals surface area contributed by atoms with E-state index in [0.29, 0.717) is 29.3 Å². The molecule has 7 heteroatoms. The molecule has 3 rings (SSSR count). The number of carbonyl (C=O) groups is 2. The van der Waals surface area contributed by atoms with Gasteiger partial charge in [-0.2, -0.15) is 0 Å². The van der Waals surface area contributed by atoms with Crippen LogP contribution in [0.25, 0.3) is 0 Å². The number of aromatic nitrogens is 1. The number of benzene rings is 1. The highest BCUT2D eigenvalue weighted by Gasteiger charge is 2.16. The average molecular weight is 355 g/mol. The Labute approximate surface area is 151 Å². The molecule has 0 spiro atoms. The molecule has 1 aromatic heterocycles. The number of amides is 2. The average Bonchev–Trinajstić information content (AvgIpc) is 3.13. The van der Waals surface area contributed by atoms with Crippen LogP contribution in [0.1, 0.15) is 47.0 Å². The van der Waals surface area contributed by atoms with Gasteiger partial charge < -0.3 is 20.1 Å². The summed E-state index contributed by atoms with van der Waals surface area (Å²) in [5, 5.41) is 5.59. The number of pyridine rings is 1. The first-order valence-corrected chi connectivity index (χ1v) is 8.62. The lowest BCUT2D eigenvalue weighted by Gasteiger charge is -2.08. The van der Waals surface area contributed by atoms with Crippen LogP contribution in [0, 0.1) is 0 Å². The van der Waals surface area contributed by atoms with E-state index in [1.165, 1.54) is 12.3 Å². The van der Waals surface area contributed by atoms with Crippen LogP contribution in [0.15, 0.2) is 36.5 Å². The molecule has 0 bridgehead atoms. The van der Waals surface area contributed by atoms with Crippen molar-refractivity contribution in [2.75, 3.05) is 18.7 Å². The molecule has 1 aliphatic rings. The van der Waals surface area contributed by atoms with Crippen molar-refractivity contribution in [3.05, 3.63) is 47.8 Å². The van der Waals surface area contributed by atoms with Gasteiger partial charge in [0.25, 0.3) is 11.8 Å². The normalized spacial score (nSPS) is 11.9. The van der Waals surface area contributed by atoms with E-state index in [4.69, 9.17) is 9.47 Å². The Kier molecular flexibility index (Phi) is 5.68. The van der Waals surface area contributed by atoms with Crippen LogP contribution in [-0.4, -0.2) is 30.1 Å². The minimum atomic E-state index is -0.328. The number of fused-ring (bicyclic) bond motifs is 1. The number of carbonyl (C=O) groups excluding carboxylic acids is 2. The van der Waals surface area contributed by atoms with Gasteiger partial charge in [0, 0.05) is 30.1 Å². The Hall–Kier alpha value is -3.09. The zero-order valence-corrected chi connectivity index (χ0v) is 14.6. The van der Waals surface area contributed by atoms with Crippen LogP contribution in [0.4, 0.5) is 5.69 Å². The molecule has 7 nitrogen and oxygen atoms in total. The number of hydrogen-bond donors (Lipinski definition) is 2. The lowest BCUT2D eigenvalue weighted by Crippen LogP contribution is -2.25. The van der Waals surface area contributed by atoms with Gasteiger partial charge in [-0.3, -0.25) is 14.6 Å². The topological polar surface area (TPSA) is 89.6 Å². The maximum Gasteiger partial charge on any atom is 0.269 e. The van der Waals surface area contributed by atoms with Crippen molar-refractivity contribution in [3.63, 3.8) is 0 Å². The molecule has 1 aliphatic heterocycles. The van der Waals surface area contributed by atoms with Crippen LogP contribution in [0.5, 0.6) is 11.5 Å². The van der Waals surface area contributed by atoms with Crippen molar-refractivity contribution in [3.8, 4) is 11.5 Å². The summed E-state index contributed by atoms with van der Waals surface area (Å²) in [6.07, 6.45) is 4.53. The monoisotopic (exact) mass is 355 g/mol. The lowest BCUT2D eigenvalue weighted by atomic mass is 10.2. The summed E-state index contributed by atoms with van der Waals surface area (Å²) in [4.78, 5) is 28.6. The van der Waals surface area contributed by atoms with E-state index in [-0.39, 0.29) is 24.3 Å². The molecule has 0 atom stereocenters. The van der Waals surface area contributed by atoms with Crippen LogP contribution >= 0.6 is 0 Å². The molecule has 0 radical (unpaired) electrons. The van der Waals surface area contributed by atoms with Gasteiger partial charge in [0.1, 0.15) is 5.69 Å². The Morgan fingerprint density at radius 3 is 2.77 bits per heavy atom. The van der Waals surface area contributed by atoms with E-state index in [9.17, 15) is 9.59 Å². The highest BCUT2D eigenvalue weighted by molar-refractivity contribution is 6.05. The second-order valence-corrected chi connectivity index (χ2v) is 5.91. The molecule has 0 fully saturated rings. The molecule has 1 aromatic carbocycles. The second kappa shape index (κ2) is 8.33. The van der Waals surface area contributed by atoms with Crippen LogP contribution < -0.4 is 20.1 Å². The van der Waals surface area contributed by atoms with Crippen molar-refractivity contribution in [1.29, 1.82) is 0 Å². The summed E-state index contributed by atoms with van der Waals surface area (Å²) < 4.78 is 10.5. The Balaban J connectivity index is 1.63. The third-order valence-corrected chi connectivity index (χ3v) is 3.95. The molecule has 0 aliphatic carbocycles. The first-order chi connectivity index (χ1) is 12.7. The minimum absolute atomic E-state index is 0.174. The summed E-state index contributed by atoms with van der Waals surface area (Å²) in [5.41, 5.74) is 1.16. The Bertz CT molecular complexity index is 807. The van der Waals surface area contributed by atoms with Crippen molar-refractivity contribution >= 4 is 17.5 Å². The van der Waals surface area contributed by atoms with Gasteiger partial charge in [0.05, 0.1) is 0 Å². The van der Waals surface area contributed by atoms with Crippen LogP contribution in [0.3, 0.4) is 0 Å². The zero-order valence-electron chi connectivity index (χ0n) is 14.6. The van der Waals surface area contributed by atoms with Gasteiger partial charge in [-0.1, -0.05) is 19.8 Å². The summed E-state index contributed by atoms with van der Waals surface area (Å²) in [6.45, 7) is 2.88. The standard InChI is InChI=1S/C19H21N3O4/c1-2-3-4-8-21-19(24)15-10-13(7-9-20-15)18(23)22-14-5-6-16-17(11-14)26-12-25-16/h5-7,9-11H,2-4,8,12H2,1H3,(H,21,24)(H,22,23). The number of nitrogens with zero attached hydrogens (tertiary/aromatic N) is 1. The molecule has 0 saturated heterocycles. The first-order valence-electron chi connectivity index (χ1n) is 8.62. The summed E-state index contributed by atoms with van der Waals surface area (Å²) in [6, 6.07) is 8.21. The third-order valence-electron chi connectivity index (χ3n) is 3.95. The van der Waals surface area contributed by atoms with Crippen molar-refractivity contribution < 1.29 is 19.1 Å². The Morgan fingerprint density at radius 2 is 1.92 bits per heavy atom. The van der Waals surface area contributed by atoms with E-state index in [1.54, 1.807) is 24.3 Å². The predicted octanol–water partition coefficient (Wildman–Crippen LogP) is 2.98. The third kappa shape index (κ3) is 4.30. The summed E-state index contributed by atoms with van der Waals surface area (Å²) in [5.74, 6) is 0.628. The first kappa shape index (κ1) is 17.7. The van der Waals surface area contributed by atoms with Gasteiger partial charge in [0.2, 0.25) is 6.79 Å². The van der Waals surface area contributed by atoms with E-state index >= 15 is 0 Å². The number of rotatable bonds is 7. The molecular weight excluding hydrogens is 334 g/mol. The molecule has 2 amide bonds. The molecule has 0 unspecified atom stereocenters. The molecular formula is C19H21N3O4. The fourth-order valence-corrected chi connectivity index (χ4v) is 2.54. The van der Waals surface area contributed by atoms with E-state index < -0.39 is 0 Å². The smallest absolute Gasteiger partial charge is 0.269 e. The van der Waals surface area contributed by atoms with E-state index in [0.717, 1.165) is 19.3 Å². The van der Waals surface area contributed by atoms with Gasteiger partial charge in [-0.15, -0.1) is 0 Å². The maximum absolute atomic E-state index is 12.4. The largest absolute Gasteiger partial charge is 0.454 e. The lowest BCUT2D eigenvalue weighted by molar-refractivity contribution is 0.0948. The summed E-state index contributed by atoms with van der Waals surface area (Å²) >= 11 is 0. The highest BCUT2D eigenvalue weighted by Crippen LogP contribution is 2.34. The van der Waals surface area contributed by atoms with Crippen molar-refractivity contribution in [2.45, 2.75) is 26.2 Å². The molecule has 136 valence electrons. The number of ether oxygens (including phenoxy) is 2. The zero-order chi connectivity index (χ0) is 18.4. The van der Waals surface area contributed by atoms with Crippen LogP contribution in [-0.2, 0) is 0 Å². The number of hydrogen-bond acceptors (Lipinski definition) is 5. The SMILES string of the molecule is CCCCCNC(=O)c1cc(C(=O)Nc2ccc3c(c2)OCO3)ccn1. The second-order valence-electron chi connectivity index (χ2n) is 5.91. The van der Waals surface area contributed by atoms with Gasteiger partial charge >= 0.3 is 0 Å². The van der Waals surface area contributed by atoms with Crippen LogP contribution in [0.2, 0.25) is 0 Å².